The van der Waals surface area contributed by atoms with Crippen molar-refractivity contribution in [3.63, 3.8) is 0 Å². The maximum atomic E-state index is 6.13. The zero-order chi connectivity index (χ0) is 14.5. The van der Waals surface area contributed by atoms with E-state index in [1.807, 2.05) is 23.9 Å². The van der Waals surface area contributed by atoms with Crippen molar-refractivity contribution < 1.29 is 0 Å². The molecule has 1 unspecified atom stereocenters. The van der Waals surface area contributed by atoms with Crippen molar-refractivity contribution in [1.82, 2.24) is 15.1 Å². The summed E-state index contributed by atoms with van der Waals surface area (Å²) < 4.78 is 1.96. The second-order valence-corrected chi connectivity index (χ2v) is 5.43. The lowest BCUT2D eigenvalue weighted by molar-refractivity contribution is 0.596. The van der Waals surface area contributed by atoms with Gasteiger partial charge in [-0.25, -0.2) is 0 Å². The van der Waals surface area contributed by atoms with E-state index in [9.17, 15) is 0 Å². The number of hydrogen-bond acceptors (Lipinski definition) is 2. The number of hydrogen-bond donors (Lipinski definition) is 1. The Hall–Kier alpha value is -1.32. The third kappa shape index (κ3) is 3.41. The fraction of sp³-hybridized carbons (Fsp3) is 0.438. The van der Waals surface area contributed by atoms with Gasteiger partial charge in [-0.1, -0.05) is 30.7 Å². The van der Waals surface area contributed by atoms with Crippen LogP contribution in [0.4, 0.5) is 0 Å². The van der Waals surface area contributed by atoms with Gasteiger partial charge in [-0.15, -0.1) is 0 Å². The summed E-state index contributed by atoms with van der Waals surface area (Å²) in [4.78, 5) is 0. The number of halogens is 1. The Kier molecular flexibility index (Phi) is 5.21. The Bertz CT molecular complexity index is 563. The lowest BCUT2D eigenvalue weighted by atomic mass is 9.99. The molecule has 0 saturated heterocycles. The van der Waals surface area contributed by atoms with E-state index in [1.54, 1.807) is 0 Å². The normalized spacial score (nSPS) is 12.6. The van der Waals surface area contributed by atoms with Gasteiger partial charge in [0.2, 0.25) is 0 Å². The van der Waals surface area contributed by atoms with Crippen LogP contribution in [-0.4, -0.2) is 16.3 Å². The lowest BCUT2D eigenvalue weighted by Gasteiger charge is -2.18. The molecule has 0 aliphatic heterocycles. The highest BCUT2D eigenvalue weighted by Crippen LogP contribution is 2.25. The van der Waals surface area contributed by atoms with Crippen molar-refractivity contribution in [2.75, 3.05) is 6.54 Å². The van der Waals surface area contributed by atoms with E-state index < -0.39 is 0 Å². The van der Waals surface area contributed by atoms with Gasteiger partial charge in [0.25, 0.3) is 0 Å². The monoisotopic (exact) mass is 291 g/mol. The maximum Gasteiger partial charge on any atom is 0.0608 e. The molecule has 0 aliphatic rings. The molecule has 0 amide bonds. The molecular formula is C16H22ClN3. The Morgan fingerprint density at radius 3 is 2.70 bits per heavy atom. The van der Waals surface area contributed by atoms with Gasteiger partial charge in [0, 0.05) is 23.3 Å². The second kappa shape index (κ2) is 6.91. The fourth-order valence-electron chi connectivity index (χ4n) is 2.27. The Morgan fingerprint density at radius 2 is 2.10 bits per heavy atom. The summed E-state index contributed by atoms with van der Waals surface area (Å²) in [6, 6.07) is 6.38. The van der Waals surface area contributed by atoms with Gasteiger partial charge in [0.1, 0.15) is 0 Å². The fourth-order valence-corrected chi connectivity index (χ4v) is 2.38. The third-order valence-corrected chi connectivity index (χ3v) is 3.85. The standard InChI is InChI=1S/C16H22ClN3/c1-4-8-18-16(14-10-19-20(5-2)11-14)13-6-7-15(17)12(3)9-13/h6-7,9-11,16,18H,4-5,8H2,1-3H3. The van der Waals surface area contributed by atoms with Crippen LogP contribution in [0.2, 0.25) is 5.02 Å². The summed E-state index contributed by atoms with van der Waals surface area (Å²) in [5.74, 6) is 0. The number of aryl methyl sites for hydroxylation is 2. The zero-order valence-electron chi connectivity index (χ0n) is 12.4. The minimum atomic E-state index is 0.172. The number of rotatable bonds is 6. The first kappa shape index (κ1) is 15.1. The topological polar surface area (TPSA) is 29.9 Å². The molecule has 2 rings (SSSR count). The van der Waals surface area contributed by atoms with E-state index in [4.69, 9.17) is 11.6 Å². The molecule has 0 bridgehead atoms. The largest absolute Gasteiger partial charge is 0.306 e. The molecular weight excluding hydrogens is 270 g/mol. The molecule has 1 atom stereocenters. The van der Waals surface area contributed by atoms with Gasteiger partial charge in [0.15, 0.2) is 0 Å². The van der Waals surface area contributed by atoms with Crippen LogP contribution in [0.5, 0.6) is 0 Å². The zero-order valence-corrected chi connectivity index (χ0v) is 13.1. The Labute approximate surface area is 126 Å². The molecule has 1 heterocycles. The molecule has 108 valence electrons. The van der Waals surface area contributed by atoms with Crippen LogP contribution < -0.4 is 5.32 Å². The van der Waals surface area contributed by atoms with Crippen LogP contribution in [0.15, 0.2) is 30.6 Å². The number of benzene rings is 1. The highest BCUT2D eigenvalue weighted by atomic mass is 35.5. The van der Waals surface area contributed by atoms with E-state index in [2.05, 4.69) is 42.6 Å². The minimum Gasteiger partial charge on any atom is -0.306 e. The van der Waals surface area contributed by atoms with Crippen molar-refractivity contribution in [3.8, 4) is 0 Å². The summed E-state index contributed by atoms with van der Waals surface area (Å²) >= 11 is 6.13. The van der Waals surface area contributed by atoms with Crippen LogP contribution in [0.1, 0.15) is 43.0 Å². The van der Waals surface area contributed by atoms with Gasteiger partial charge in [-0.3, -0.25) is 4.68 Å². The SMILES string of the molecule is CCCNC(c1ccc(Cl)c(C)c1)c1cnn(CC)c1. The van der Waals surface area contributed by atoms with Crippen LogP contribution >= 0.6 is 11.6 Å². The summed E-state index contributed by atoms with van der Waals surface area (Å²) in [6.07, 6.45) is 5.16. The second-order valence-electron chi connectivity index (χ2n) is 5.03. The van der Waals surface area contributed by atoms with Crippen molar-refractivity contribution in [3.05, 3.63) is 52.3 Å². The smallest absolute Gasteiger partial charge is 0.0608 e. The van der Waals surface area contributed by atoms with Crippen molar-refractivity contribution in [2.24, 2.45) is 0 Å². The van der Waals surface area contributed by atoms with Gasteiger partial charge < -0.3 is 5.32 Å². The van der Waals surface area contributed by atoms with Crippen molar-refractivity contribution in [1.29, 1.82) is 0 Å². The van der Waals surface area contributed by atoms with E-state index in [1.165, 1.54) is 11.1 Å². The van der Waals surface area contributed by atoms with E-state index in [0.717, 1.165) is 30.1 Å². The molecule has 0 aliphatic carbocycles. The minimum absolute atomic E-state index is 0.172. The molecule has 0 spiro atoms. The van der Waals surface area contributed by atoms with Crippen LogP contribution in [0.3, 0.4) is 0 Å². The van der Waals surface area contributed by atoms with E-state index in [0.29, 0.717) is 0 Å². The molecule has 1 N–H and O–H groups in total. The first-order chi connectivity index (χ1) is 9.65. The summed E-state index contributed by atoms with van der Waals surface area (Å²) in [7, 11) is 0. The molecule has 0 radical (unpaired) electrons. The quantitative estimate of drug-likeness (QED) is 0.873. The molecule has 1 aromatic carbocycles. The third-order valence-electron chi connectivity index (χ3n) is 3.42. The predicted octanol–water partition coefficient (Wildman–Crippen LogP) is 3.95. The number of aromatic nitrogens is 2. The lowest BCUT2D eigenvalue weighted by Crippen LogP contribution is -2.23. The van der Waals surface area contributed by atoms with E-state index in [-0.39, 0.29) is 6.04 Å². The first-order valence-electron chi connectivity index (χ1n) is 7.17. The van der Waals surface area contributed by atoms with Crippen molar-refractivity contribution >= 4 is 11.6 Å². The molecule has 20 heavy (non-hydrogen) atoms. The average molecular weight is 292 g/mol. The molecule has 2 aromatic rings. The van der Waals surface area contributed by atoms with Crippen LogP contribution in [0, 0.1) is 6.92 Å². The number of nitrogens with one attached hydrogen (secondary N) is 1. The van der Waals surface area contributed by atoms with Crippen LogP contribution in [-0.2, 0) is 6.54 Å². The van der Waals surface area contributed by atoms with Gasteiger partial charge >= 0.3 is 0 Å². The predicted molar refractivity (Wildman–Crippen MR) is 84.2 cm³/mol. The molecule has 1 aromatic heterocycles. The molecule has 4 heteroatoms. The number of nitrogens with zero attached hydrogens (tertiary/aromatic N) is 2. The maximum absolute atomic E-state index is 6.13. The Morgan fingerprint density at radius 1 is 1.30 bits per heavy atom. The molecule has 3 nitrogen and oxygen atoms in total. The molecule has 0 fully saturated rings. The average Bonchev–Trinajstić information content (AvgIpc) is 2.92. The first-order valence-corrected chi connectivity index (χ1v) is 7.55. The highest BCUT2D eigenvalue weighted by Gasteiger charge is 2.15. The van der Waals surface area contributed by atoms with Crippen LogP contribution in [0.25, 0.3) is 0 Å². The van der Waals surface area contributed by atoms with Crippen molar-refractivity contribution in [2.45, 2.75) is 39.8 Å². The van der Waals surface area contributed by atoms with Gasteiger partial charge in [-0.2, -0.15) is 5.10 Å². The molecule has 0 saturated carbocycles. The summed E-state index contributed by atoms with van der Waals surface area (Å²) in [5.41, 5.74) is 3.54. The Balaban J connectivity index is 2.32. The summed E-state index contributed by atoms with van der Waals surface area (Å²) in [5, 5.41) is 8.78. The van der Waals surface area contributed by atoms with Gasteiger partial charge in [-0.05, 0) is 44.0 Å². The summed E-state index contributed by atoms with van der Waals surface area (Å²) in [6.45, 7) is 8.17. The highest BCUT2D eigenvalue weighted by molar-refractivity contribution is 6.31. The van der Waals surface area contributed by atoms with E-state index >= 15 is 0 Å². The van der Waals surface area contributed by atoms with Gasteiger partial charge in [0.05, 0.1) is 12.2 Å².